The first kappa shape index (κ1) is 18.3. The van der Waals surface area contributed by atoms with Crippen LogP contribution >= 0.6 is 27.5 Å². The molecular formula is C20H14BrClN6. The van der Waals surface area contributed by atoms with E-state index in [-0.39, 0.29) is 0 Å². The second-order valence-corrected chi connectivity index (χ2v) is 7.31. The van der Waals surface area contributed by atoms with Gasteiger partial charge in [-0.15, -0.1) is 0 Å². The summed E-state index contributed by atoms with van der Waals surface area (Å²) in [4.78, 5) is 4.13. The van der Waals surface area contributed by atoms with Crippen molar-refractivity contribution in [3.8, 4) is 17.2 Å². The molecule has 0 aliphatic rings. The Bertz CT molecular complexity index is 1210. The van der Waals surface area contributed by atoms with E-state index in [0.29, 0.717) is 55.1 Å². The van der Waals surface area contributed by atoms with Crippen LogP contribution in [-0.4, -0.2) is 15.2 Å². The first-order chi connectivity index (χ1) is 13.6. The molecule has 4 rings (SSSR count). The molecule has 0 spiro atoms. The molecule has 4 aromatic rings. The zero-order chi connectivity index (χ0) is 19.7. The number of hydrogen-bond acceptors (Lipinski definition) is 5. The van der Waals surface area contributed by atoms with E-state index >= 15 is 0 Å². The van der Waals surface area contributed by atoms with Crippen LogP contribution in [0.3, 0.4) is 0 Å². The van der Waals surface area contributed by atoms with Gasteiger partial charge in [0.2, 0.25) is 0 Å². The third-order valence-corrected chi connectivity index (χ3v) is 5.35. The quantitative estimate of drug-likeness (QED) is 0.373. The van der Waals surface area contributed by atoms with Crippen molar-refractivity contribution in [1.29, 1.82) is 5.26 Å². The van der Waals surface area contributed by atoms with Gasteiger partial charge in [-0.1, -0.05) is 35.9 Å². The summed E-state index contributed by atoms with van der Waals surface area (Å²) >= 11 is 9.89. The molecule has 0 radical (unpaired) electrons. The summed E-state index contributed by atoms with van der Waals surface area (Å²) in [6.45, 7) is 0.480. The lowest BCUT2D eigenvalue weighted by molar-refractivity contribution is 1.08. The van der Waals surface area contributed by atoms with Gasteiger partial charge in [0.25, 0.3) is 0 Å². The minimum absolute atomic E-state index is 0.390. The van der Waals surface area contributed by atoms with E-state index in [2.05, 4.69) is 42.5 Å². The van der Waals surface area contributed by atoms with Crippen LogP contribution in [0.25, 0.3) is 22.0 Å². The van der Waals surface area contributed by atoms with E-state index in [4.69, 9.17) is 17.3 Å². The summed E-state index contributed by atoms with van der Waals surface area (Å²) in [6, 6.07) is 13.4. The smallest absolute Gasteiger partial charge is 0.120 e. The molecule has 2 heterocycles. The van der Waals surface area contributed by atoms with Crippen LogP contribution in [0.1, 0.15) is 11.1 Å². The highest BCUT2D eigenvalue weighted by molar-refractivity contribution is 9.10. The number of fused-ring (bicyclic) bond motifs is 1. The van der Waals surface area contributed by atoms with Crippen molar-refractivity contribution in [2.75, 3.05) is 11.1 Å². The molecule has 8 heteroatoms. The van der Waals surface area contributed by atoms with Crippen LogP contribution in [0.5, 0.6) is 0 Å². The third kappa shape index (κ3) is 3.07. The number of aromatic nitrogens is 3. The molecule has 6 nitrogen and oxygen atoms in total. The Kier molecular flexibility index (Phi) is 4.90. The highest BCUT2D eigenvalue weighted by Gasteiger charge is 2.24. The van der Waals surface area contributed by atoms with Crippen molar-refractivity contribution >= 4 is 49.8 Å². The molecule has 0 aliphatic carbocycles. The molecule has 0 aliphatic heterocycles. The van der Waals surface area contributed by atoms with Gasteiger partial charge in [0.05, 0.1) is 22.3 Å². The minimum atomic E-state index is 0.390. The molecule has 0 saturated heterocycles. The largest absolute Gasteiger partial charge is 0.398 e. The second kappa shape index (κ2) is 7.50. The maximum absolute atomic E-state index is 9.99. The van der Waals surface area contributed by atoms with Gasteiger partial charge >= 0.3 is 0 Å². The van der Waals surface area contributed by atoms with Gasteiger partial charge in [-0.25, -0.2) is 0 Å². The fraction of sp³-hybridized carbons (Fsp3) is 0.0500. The summed E-state index contributed by atoms with van der Waals surface area (Å²) in [6.07, 6.45) is 3.48. The van der Waals surface area contributed by atoms with Crippen LogP contribution in [0.15, 0.2) is 53.4 Å². The fourth-order valence-electron chi connectivity index (χ4n) is 3.17. The van der Waals surface area contributed by atoms with Crippen molar-refractivity contribution < 1.29 is 0 Å². The van der Waals surface area contributed by atoms with E-state index in [9.17, 15) is 5.26 Å². The topological polar surface area (TPSA) is 103 Å². The number of anilines is 2. The molecule has 28 heavy (non-hydrogen) atoms. The molecule has 0 bridgehead atoms. The number of nitrogens with one attached hydrogen (secondary N) is 2. The molecule has 0 atom stereocenters. The number of benzene rings is 2. The van der Waals surface area contributed by atoms with Gasteiger partial charge in [-0.3, -0.25) is 10.1 Å². The molecule has 0 saturated carbocycles. The van der Waals surface area contributed by atoms with Crippen LogP contribution in [-0.2, 0) is 6.54 Å². The predicted octanol–water partition coefficient (Wildman–Crippen LogP) is 5.11. The normalized spacial score (nSPS) is 10.8. The lowest BCUT2D eigenvalue weighted by atomic mass is 9.94. The fourth-order valence-corrected chi connectivity index (χ4v) is 3.89. The Morgan fingerprint density at radius 3 is 2.79 bits per heavy atom. The number of aromatic amines is 1. The first-order valence-electron chi connectivity index (χ1n) is 8.38. The minimum Gasteiger partial charge on any atom is -0.398 e. The third-order valence-electron chi connectivity index (χ3n) is 4.44. The highest BCUT2D eigenvalue weighted by Crippen LogP contribution is 2.45. The van der Waals surface area contributed by atoms with Gasteiger partial charge in [-0.2, -0.15) is 10.4 Å². The van der Waals surface area contributed by atoms with Gasteiger partial charge < -0.3 is 11.1 Å². The number of pyridine rings is 1. The Morgan fingerprint density at radius 1 is 1.25 bits per heavy atom. The van der Waals surface area contributed by atoms with Crippen LogP contribution in [0, 0.1) is 11.3 Å². The average Bonchev–Trinajstić information content (AvgIpc) is 3.10. The number of nitrogens with zero attached hydrogens (tertiary/aromatic N) is 3. The Hall–Kier alpha value is -3.08. The summed E-state index contributed by atoms with van der Waals surface area (Å²) in [7, 11) is 0. The number of nitriles is 1. The van der Waals surface area contributed by atoms with E-state index < -0.39 is 0 Å². The number of nitrogens with two attached hydrogens (primary N) is 1. The molecule has 0 amide bonds. The van der Waals surface area contributed by atoms with Crippen molar-refractivity contribution in [2.24, 2.45) is 0 Å². The Balaban J connectivity index is 1.97. The van der Waals surface area contributed by atoms with Gasteiger partial charge in [0.1, 0.15) is 16.2 Å². The number of halogens is 2. The molecule has 0 unspecified atom stereocenters. The number of rotatable bonds is 4. The zero-order valence-electron chi connectivity index (χ0n) is 14.5. The monoisotopic (exact) mass is 452 g/mol. The van der Waals surface area contributed by atoms with E-state index in [1.54, 1.807) is 18.5 Å². The maximum atomic E-state index is 9.99. The standard InChI is InChI=1S/C20H14BrClN6/c21-20-16-17(24)15(12-5-1-2-6-14(12)22)13(8-23)18(19(16)27-28-20)26-10-11-4-3-7-25-9-11/h1-7,9,26H,10,24H2,(H,27,28). The van der Waals surface area contributed by atoms with E-state index in [0.717, 1.165) is 5.56 Å². The van der Waals surface area contributed by atoms with E-state index in [1.807, 2.05) is 30.3 Å². The molecule has 138 valence electrons. The maximum Gasteiger partial charge on any atom is 0.120 e. The average molecular weight is 454 g/mol. The van der Waals surface area contributed by atoms with Crippen LogP contribution in [0.4, 0.5) is 11.4 Å². The Morgan fingerprint density at radius 2 is 2.07 bits per heavy atom. The lowest BCUT2D eigenvalue weighted by Crippen LogP contribution is -2.06. The number of H-pyrrole nitrogens is 1. The van der Waals surface area contributed by atoms with Crippen molar-refractivity contribution in [3.05, 3.63) is 69.5 Å². The molecule has 2 aromatic heterocycles. The zero-order valence-corrected chi connectivity index (χ0v) is 16.8. The summed E-state index contributed by atoms with van der Waals surface area (Å²) in [5.74, 6) is 0. The van der Waals surface area contributed by atoms with Crippen LogP contribution in [0.2, 0.25) is 5.02 Å². The molecule has 2 aromatic carbocycles. The Labute approximate surface area is 174 Å². The van der Waals surface area contributed by atoms with Crippen molar-refractivity contribution in [3.63, 3.8) is 0 Å². The molecule has 0 fully saturated rings. The van der Waals surface area contributed by atoms with Crippen LogP contribution < -0.4 is 11.1 Å². The lowest BCUT2D eigenvalue weighted by Gasteiger charge is -2.17. The van der Waals surface area contributed by atoms with Crippen molar-refractivity contribution in [2.45, 2.75) is 6.54 Å². The second-order valence-electron chi connectivity index (χ2n) is 6.11. The van der Waals surface area contributed by atoms with Gasteiger partial charge in [0, 0.05) is 35.1 Å². The predicted molar refractivity (Wildman–Crippen MR) is 115 cm³/mol. The molecular weight excluding hydrogens is 440 g/mol. The van der Waals surface area contributed by atoms with E-state index in [1.165, 1.54) is 0 Å². The summed E-state index contributed by atoms with van der Waals surface area (Å²) in [5, 5.41) is 21.8. The summed E-state index contributed by atoms with van der Waals surface area (Å²) in [5.41, 5.74) is 10.7. The van der Waals surface area contributed by atoms with Crippen molar-refractivity contribution in [1.82, 2.24) is 15.2 Å². The SMILES string of the molecule is N#Cc1c(-c2ccccc2Cl)c(N)c2c(Br)[nH]nc2c1NCc1cccnc1. The molecule has 4 N–H and O–H groups in total. The number of hydrogen-bond donors (Lipinski definition) is 3. The number of nitrogen functional groups attached to an aromatic ring is 1. The van der Waals surface area contributed by atoms with Gasteiger partial charge in [-0.05, 0) is 33.6 Å². The van der Waals surface area contributed by atoms with Gasteiger partial charge in [0.15, 0.2) is 0 Å². The summed E-state index contributed by atoms with van der Waals surface area (Å²) < 4.78 is 0.641. The first-order valence-corrected chi connectivity index (χ1v) is 9.55. The highest BCUT2D eigenvalue weighted by atomic mass is 79.9.